The normalized spacial score (nSPS) is 20.5. The van der Waals surface area contributed by atoms with Crippen LogP contribution in [0, 0.1) is 19.8 Å². The molecular weight excluding hydrogens is 853 g/mol. The molecule has 4 amide bonds. The number of nitrogens with one attached hydrogen (secondary N) is 2. The minimum Gasteiger partial charge on any atom is -0.444 e. The lowest BCUT2D eigenvalue weighted by Gasteiger charge is -2.28. The molecular formula is C47H56N8O9S. The molecule has 344 valence electrons. The van der Waals surface area contributed by atoms with Gasteiger partial charge in [0.25, 0.3) is 0 Å². The molecule has 17 nitrogen and oxygen atoms in total. The number of hydrogen-bond donors (Lipinski definition) is 4. The van der Waals surface area contributed by atoms with Crippen LogP contribution in [0.2, 0.25) is 0 Å². The zero-order valence-electron chi connectivity index (χ0n) is 37.2. The molecule has 6 heterocycles. The van der Waals surface area contributed by atoms with E-state index in [1.165, 1.54) is 16.2 Å². The number of benzene rings is 1. The van der Waals surface area contributed by atoms with Gasteiger partial charge in [0.1, 0.15) is 23.6 Å². The monoisotopic (exact) mass is 908 g/mol. The molecule has 0 bridgehead atoms. The van der Waals surface area contributed by atoms with E-state index in [1.54, 1.807) is 55.2 Å². The van der Waals surface area contributed by atoms with Crippen molar-refractivity contribution in [1.29, 1.82) is 0 Å². The fraction of sp³-hybridized carbons (Fsp3) is 0.447. The lowest BCUT2D eigenvalue weighted by Crippen LogP contribution is -2.48. The topological polar surface area (TPSA) is 230 Å². The van der Waals surface area contributed by atoms with Crippen molar-refractivity contribution >= 4 is 40.5 Å². The number of rotatable bonds is 18. The first-order chi connectivity index (χ1) is 31.3. The van der Waals surface area contributed by atoms with E-state index in [4.69, 9.17) is 13.5 Å². The third-order valence-corrected chi connectivity index (χ3v) is 12.8. The van der Waals surface area contributed by atoms with Crippen molar-refractivity contribution in [3.05, 3.63) is 113 Å². The first kappa shape index (κ1) is 46.7. The number of thiazole rings is 1. The van der Waals surface area contributed by atoms with Gasteiger partial charge in [-0.05, 0) is 62.7 Å². The molecule has 4 aromatic heterocycles. The molecule has 0 radical (unpaired) electrons. The maximum atomic E-state index is 14.7. The minimum atomic E-state index is -0.911. The molecule has 0 saturated carbocycles. The number of aliphatic hydroxyl groups excluding tert-OH is 2. The summed E-state index contributed by atoms with van der Waals surface area (Å²) < 4.78 is 16.9. The molecule has 1 unspecified atom stereocenters. The van der Waals surface area contributed by atoms with Crippen LogP contribution in [0.25, 0.3) is 16.0 Å². The number of carbonyl (C=O) groups is 4. The Balaban J connectivity index is 1.05. The Morgan fingerprint density at radius 1 is 0.877 bits per heavy atom. The van der Waals surface area contributed by atoms with Gasteiger partial charge in [0, 0.05) is 62.9 Å². The lowest BCUT2D eigenvalue weighted by atomic mass is 9.89. The molecule has 2 aliphatic heterocycles. The molecule has 5 aromatic rings. The van der Waals surface area contributed by atoms with Crippen molar-refractivity contribution in [2.75, 3.05) is 19.6 Å². The molecule has 65 heavy (non-hydrogen) atoms. The summed E-state index contributed by atoms with van der Waals surface area (Å²) in [4.78, 5) is 68.1. The number of hydrogen-bond acceptors (Lipinski definition) is 14. The largest absolute Gasteiger partial charge is 0.444 e. The molecule has 2 saturated heterocycles. The van der Waals surface area contributed by atoms with Crippen LogP contribution in [-0.4, -0.2) is 108 Å². The number of β-amino-alcohol motifs (C(OH)–C–C–N with tert-alkyl or cyclic N) is 2. The Morgan fingerprint density at radius 3 is 2.03 bits per heavy atom. The summed E-state index contributed by atoms with van der Waals surface area (Å²) in [7, 11) is 0. The number of likely N-dealkylation sites (tertiary alicyclic amines) is 2. The summed E-state index contributed by atoms with van der Waals surface area (Å²) in [5.74, 6) is -1.96. The van der Waals surface area contributed by atoms with E-state index in [9.17, 15) is 29.4 Å². The molecule has 2 aliphatic rings. The van der Waals surface area contributed by atoms with Crippen LogP contribution in [-0.2, 0) is 25.7 Å². The van der Waals surface area contributed by atoms with E-state index in [2.05, 4.69) is 30.9 Å². The number of aryl methyl sites for hydroxylation is 2. The van der Waals surface area contributed by atoms with Gasteiger partial charge in [0.15, 0.2) is 12.2 Å². The number of nitrogens with zero attached hydrogens (tertiary/aromatic N) is 6. The smallest absolute Gasteiger partial charge is 0.243 e. The average Bonchev–Trinajstić information content (AvgIpc) is 4.16. The van der Waals surface area contributed by atoms with Crippen LogP contribution < -0.4 is 10.6 Å². The second kappa shape index (κ2) is 21.2. The molecule has 2 fully saturated rings. The van der Waals surface area contributed by atoms with Crippen molar-refractivity contribution in [2.45, 2.75) is 109 Å². The van der Waals surface area contributed by atoms with Gasteiger partial charge in [-0.2, -0.15) is 0 Å². The van der Waals surface area contributed by atoms with Crippen molar-refractivity contribution in [1.82, 2.24) is 40.7 Å². The predicted molar refractivity (Wildman–Crippen MR) is 240 cm³/mol. The zero-order chi connectivity index (χ0) is 46.2. The Hall–Kier alpha value is -6.24. The molecule has 4 N–H and O–H groups in total. The highest BCUT2D eigenvalue weighted by atomic mass is 32.1. The molecule has 0 spiro atoms. The third kappa shape index (κ3) is 11.2. The second-order valence-electron chi connectivity index (χ2n) is 16.8. The standard InChI is InChI=1S/C47H56N8O9S/c1-6-35(42-21-48-25-62-42)32(14-27(3)19-50-44(58)38-17-33(56)23-54(38)46(60)36(7-2)40-15-28(4)52-63-40)12-13-37(41-16-29(5)53-64-41)47(61)55-24-34(57)18-39(55)45(59)51-20-30-8-10-31(11-9-30)43-22-49-26-65-43/h6,8-11,14-16,21-22,25-27,33-34,36-39,56-57H,7,12-13,17-20,23-24H2,1-5H3,(H,50,58)(H,51,59)/b32-14-,35-6+/t27?,33-,34-,36-,37-,38+,39+/m1/s1. The van der Waals surface area contributed by atoms with Gasteiger partial charge in [-0.15, -0.1) is 11.3 Å². The summed E-state index contributed by atoms with van der Waals surface area (Å²) in [6.45, 7) is 9.63. The van der Waals surface area contributed by atoms with Crippen LogP contribution in [0.4, 0.5) is 0 Å². The molecule has 1 aromatic carbocycles. The van der Waals surface area contributed by atoms with Crippen LogP contribution in [0.3, 0.4) is 0 Å². The van der Waals surface area contributed by atoms with E-state index in [0.29, 0.717) is 41.5 Å². The molecule has 7 atom stereocenters. The number of oxazole rings is 1. The number of carbonyl (C=O) groups excluding carboxylic acids is 4. The van der Waals surface area contributed by atoms with Crippen molar-refractivity contribution in [2.24, 2.45) is 5.92 Å². The van der Waals surface area contributed by atoms with Crippen LogP contribution in [0.1, 0.15) is 98.9 Å². The number of allylic oxidation sites excluding steroid dienone is 3. The quantitative estimate of drug-likeness (QED) is 0.0801. The first-order valence-electron chi connectivity index (χ1n) is 22.0. The molecule has 0 aliphatic carbocycles. The maximum absolute atomic E-state index is 14.7. The number of aliphatic hydroxyl groups is 2. The highest BCUT2D eigenvalue weighted by Crippen LogP contribution is 2.35. The number of amides is 4. The van der Waals surface area contributed by atoms with Gasteiger partial charge in [0.2, 0.25) is 23.6 Å². The third-order valence-electron chi connectivity index (χ3n) is 12.0. The summed E-state index contributed by atoms with van der Waals surface area (Å²) in [6, 6.07) is 9.44. The van der Waals surface area contributed by atoms with E-state index in [1.807, 2.05) is 57.2 Å². The van der Waals surface area contributed by atoms with Crippen LogP contribution >= 0.6 is 11.3 Å². The Bertz CT molecular complexity index is 2460. The summed E-state index contributed by atoms with van der Waals surface area (Å²) in [5, 5.41) is 35.4. The summed E-state index contributed by atoms with van der Waals surface area (Å²) in [5.41, 5.74) is 6.44. The number of aromatic nitrogens is 4. The van der Waals surface area contributed by atoms with Gasteiger partial charge in [-0.1, -0.05) is 60.6 Å². The Labute approximate surface area is 381 Å². The molecule has 7 rings (SSSR count). The van der Waals surface area contributed by atoms with E-state index >= 15 is 0 Å². The van der Waals surface area contributed by atoms with Crippen LogP contribution in [0.5, 0.6) is 0 Å². The average molecular weight is 909 g/mol. The van der Waals surface area contributed by atoms with Crippen molar-refractivity contribution in [3.63, 3.8) is 0 Å². The van der Waals surface area contributed by atoms with Gasteiger partial charge >= 0.3 is 0 Å². The van der Waals surface area contributed by atoms with Gasteiger partial charge < -0.3 is 44.1 Å². The van der Waals surface area contributed by atoms with Gasteiger partial charge in [-0.3, -0.25) is 24.2 Å². The summed E-state index contributed by atoms with van der Waals surface area (Å²) in [6.07, 6.45) is 8.04. The maximum Gasteiger partial charge on any atom is 0.243 e. The zero-order valence-corrected chi connectivity index (χ0v) is 38.0. The lowest BCUT2D eigenvalue weighted by molar-refractivity contribution is -0.140. The fourth-order valence-electron chi connectivity index (χ4n) is 8.67. The predicted octanol–water partition coefficient (Wildman–Crippen LogP) is 5.47. The minimum absolute atomic E-state index is 0.0256. The SMILES string of the molecule is C/C=C(\C(=C/C(C)CNC(=O)[C@@H]1C[C@@H](O)CN1C(=O)[C@H](CC)c1cc(C)no1)CC[C@@H](C(=O)N1C[C@H](O)C[C@H]1C(=O)NCc1ccc(-c2cncs2)cc1)c1cc(C)no1)c1cnco1. The Morgan fingerprint density at radius 2 is 1.49 bits per heavy atom. The Kier molecular flexibility index (Phi) is 15.2. The van der Waals surface area contributed by atoms with Gasteiger partial charge in [0.05, 0.1) is 52.0 Å². The highest BCUT2D eigenvalue weighted by Gasteiger charge is 2.43. The van der Waals surface area contributed by atoms with Gasteiger partial charge in [-0.25, -0.2) is 4.98 Å². The van der Waals surface area contributed by atoms with E-state index < -0.39 is 36.1 Å². The highest BCUT2D eigenvalue weighted by molar-refractivity contribution is 7.13. The van der Waals surface area contributed by atoms with E-state index in [-0.39, 0.29) is 75.0 Å². The van der Waals surface area contributed by atoms with Crippen molar-refractivity contribution in [3.8, 4) is 10.4 Å². The van der Waals surface area contributed by atoms with Crippen molar-refractivity contribution < 1.29 is 42.9 Å². The molecule has 18 heteroatoms. The fourth-order valence-corrected chi connectivity index (χ4v) is 9.30. The summed E-state index contributed by atoms with van der Waals surface area (Å²) >= 11 is 1.54. The van der Waals surface area contributed by atoms with Crippen LogP contribution in [0.15, 0.2) is 91.9 Å². The second-order valence-corrected chi connectivity index (χ2v) is 17.7. The van der Waals surface area contributed by atoms with E-state index in [0.717, 1.165) is 27.2 Å². The first-order valence-corrected chi connectivity index (χ1v) is 22.8.